The van der Waals surface area contributed by atoms with Crippen LogP contribution in [0.15, 0.2) is 0 Å². The van der Waals surface area contributed by atoms with Crippen molar-refractivity contribution < 1.29 is 4.79 Å². The highest BCUT2D eigenvalue weighted by Gasteiger charge is 2.37. The molecule has 1 aliphatic rings. The summed E-state index contributed by atoms with van der Waals surface area (Å²) >= 11 is 0. The molecule has 0 spiro atoms. The lowest BCUT2D eigenvalue weighted by atomic mass is 9.67. The summed E-state index contributed by atoms with van der Waals surface area (Å²) in [5.41, 5.74) is -0.0228. The molecule has 0 saturated heterocycles. The van der Waals surface area contributed by atoms with Gasteiger partial charge in [0.15, 0.2) is 0 Å². The zero-order chi connectivity index (χ0) is 12.4. The van der Waals surface area contributed by atoms with E-state index in [2.05, 4.69) is 46.5 Å². The van der Waals surface area contributed by atoms with Gasteiger partial charge < -0.3 is 0 Å². The van der Waals surface area contributed by atoms with Crippen molar-refractivity contribution in [3.8, 4) is 11.8 Å². The Bertz CT molecular complexity index is 322. The van der Waals surface area contributed by atoms with Gasteiger partial charge in [-0.05, 0) is 39.5 Å². The van der Waals surface area contributed by atoms with E-state index in [1.165, 1.54) is 0 Å². The van der Waals surface area contributed by atoms with Crippen LogP contribution < -0.4 is 0 Å². The Kier molecular flexibility index (Phi) is 3.84. The molecule has 1 fully saturated rings. The Morgan fingerprint density at radius 3 is 2.38 bits per heavy atom. The lowest BCUT2D eigenvalue weighted by molar-refractivity contribution is -0.123. The van der Waals surface area contributed by atoms with E-state index >= 15 is 0 Å². The third kappa shape index (κ3) is 3.37. The first kappa shape index (κ1) is 13.3. The molecule has 1 rings (SSSR count). The van der Waals surface area contributed by atoms with Crippen LogP contribution in [-0.2, 0) is 4.79 Å². The van der Waals surface area contributed by atoms with E-state index in [0.29, 0.717) is 18.1 Å². The van der Waals surface area contributed by atoms with Crippen molar-refractivity contribution in [3.05, 3.63) is 0 Å². The number of carbonyl (C=O) groups excluding carboxylic acids is 1. The molecule has 90 valence electrons. The highest BCUT2D eigenvalue weighted by Crippen LogP contribution is 2.40. The quantitative estimate of drug-likeness (QED) is 0.614. The summed E-state index contributed by atoms with van der Waals surface area (Å²) < 4.78 is 0. The fourth-order valence-electron chi connectivity index (χ4n) is 2.19. The summed E-state index contributed by atoms with van der Waals surface area (Å²) in [5, 5.41) is 0. The topological polar surface area (TPSA) is 17.1 Å². The molecular formula is C15H24O. The van der Waals surface area contributed by atoms with Gasteiger partial charge in [0.1, 0.15) is 5.78 Å². The summed E-state index contributed by atoms with van der Waals surface area (Å²) in [5.74, 6) is 7.62. The smallest absolute Gasteiger partial charge is 0.134 e. The molecule has 0 amide bonds. The minimum Gasteiger partial charge on any atom is -0.300 e. The predicted octanol–water partition coefficient (Wildman–Crippen LogP) is 3.82. The van der Waals surface area contributed by atoms with Crippen molar-refractivity contribution in [1.82, 2.24) is 0 Å². The second kappa shape index (κ2) is 4.62. The Morgan fingerprint density at radius 1 is 1.31 bits per heavy atom. The van der Waals surface area contributed by atoms with Gasteiger partial charge in [-0.2, -0.15) is 0 Å². The molecule has 1 nitrogen and oxygen atoms in total. The zero-order valence-corrected chi connectivity index (χ0v) is 11.3. The number of carbonyl (C=O) groups is 1. The highest BCUT2D eigenvalue weighted by molar-refractivity contribution is 5.80. The molecule has 0 aromatic rings. The molecule has 0 aromatic heterocycles. The maximum absolute atomic E-state index is 11.6. The fourth-order valence-corrected chi connectivity index (χ4v) is 2.19. The Morgan fingerprint density at radius 2 is 1.94 bits per heavy atom. The molecule has 1 atom stereocenters. The van der Waals surface area contributed by atoms with Crippen molar-refractivity contribution in [2.24, 2.45) is 16.7 Å². The van der Waals surface area contributed by atoms with E-state index < -0.39 is 0 Å². The van der Waals surface area contributed by atoms with Crippen molar-refractivity contribution >= 4 is 5.78 Å². The van der Waals surface area contributed by atoms with Crippen LogP contribution in [0.3, 0.4) is 0 Å². The number of hydrogen-bond donors (Lipinski definition) is 0. The van der Waals surface area contributed by atoms with Crippen molar-refractivity contribution in [2.45, 2.75) is 60.3 Å². The average molecular weight is 220 g/mol. The number of hydrogen-bond acceptors (Lipinski definition) is 1. The van der Waals surface area contributed by atoms with Gasteiger partial charge in [0.2, 0.25) is 0 Å². The van der Waals surface area contributed by atoms with Gasteiger partial charge in [0.05, 0.1) is 0 Å². The van der Waals surface area contributed by atoms with Gasteiger partial charge in [-0.15, -0.1) is 0 Å². The summed E-state index contributed by atoms with van der Waals surface area (Å²) in [7, 11) is 0. The van der Waals surface area contributed by atoms with Crippen LogP contribution in [0.2, 0.25) is 0 Å². The van der Waals surface area contributed by atoms with Crippen molar-refractivity contribution in [3.63, 3.8) is 0 Å². The van der Waals surface area contributed by atoms with Crippen LogP contribution >= 0.6 is 0 Å². The van der Waals surface area contributed by atoms with Crippen LogP contribution in [0.1, 0.15) is 60.3 Å². The van der Waals surface area contributed by atoms with E-state index in [4.69, 9.17) is 0 Å². The molecule has 0 bridgehead atoms. The molecule has 0 aromatic carbocycles. The first-order valence-electron chi connectivity index (χ1n) is 6.31. The first-order valence-corrected chi connectivity index (χ1v) is 6.31. The fraction of sp³-hybridized carbons (Fsp3) is 0.800. The summed E-state index contributed by atoms with van der Waals surface area (Å²) in [6, 6.07) is 0. The maximum Gasteiger partial charge on any atom is 0.134 e. The van der Waals surface area contributed by atoms with Crippen LogP contribution in [0, 0.1) is 28.6 Å². The Hall–Kier alpha value is -0.770. The van der Waals surface area contributed by atoms with Crippen LogP contribution in [-0.4, -0.2) is 5.78 Å². The SMILES string of the molecule is CC(C)C1(C#CC(C)(C)C)CCCC(=O)C1. The van der Waals surface area contributed by atoms with Crippen LogP contribution in [0.4, 0.5) is 0 Å². The molecule has 0 radical (unpaired) electrons. The maximum atomic E-state index is 11.6. The van der Waals surface area contributed by atoms with E-state index in [-0.39, 0.29) is 10.8 Å². The van der Waals surface area contributed by atoms with E-state index in [1.54, 1.807) is 0 Å². The van der Waals surface area contributed by atoms with Crippen LogP contribution in [0.25, 0.3) is 0 Å². The van der Waals surface area contributed by atoms with Gasteiger partial charge in [-0.25, -0.2) is 0 Å². The van der Waals surface area contributed by atoms with Gasteiger partial charge >= 0.3 is 0 Å². The standard InChI is InChI=1S/C15H24O/c1-12(2)15(10-9-14(3,4)5)8-6-7-13(16)11-15/h12H,6-8,11H2,1-5H3. The minimum absolute atomic E-state index is 0.0301. The molecule has 1 saturated carbocycles. The Balaban J connectivity index is 2.96. The first-order chi connectivity index (χ1) is 7.25. The highest BCUT2D eigenvalue weighted by atomic mass is 16.1. The molecular weight excluding hydrogens is 196 g/mol. The third-order valence-corrected chi connectivity index (χ3v) is 3.38. The number of Topliss-reactive ketones (excluding diaryl/α,β-unsaturated/α-hetero) is 1. The van der Waals surface area contributed by atoms with Crippen molar-refractivity contribution in [1.29, 1.82) is 0 Å². The summed E-state index contributed by atoms with van der Waals surface area (Å²) in [6.07, 6.45) is 3.51. The molecule has 0 heterocycles. The van der Waals surface area contributed by atoms with E-state index in [0.717, 1.165) is 19.3 Å². The zero-order valence-electron chi connectivity index (χ0n) is 11.3. The van der Waals surface area contributed by atoms with E-state index in [9.17, 15) is 4.79 Å². The molecule has 1 unspecified atom stereocenters. The largest absolute Gasteiger partial charge is 0.300 e. The number of rotatable bonds is 1. The van der Waals surface area contributed by atoms with Crippen LogP contribution in [0.5, 0.6) is 0 Å². The second-order valence-corrected chi connectivity index (χ2v) is 6.38. The minimum atomic E-state index is -0.0530. The summed E-state index contributed by atoms with van der Waals surface area (Å²) in [4.78, 5) is 11.6. The normalized spacial score (nSPS) is 26.5. The van der Waals surface area contributed by atoms with E-state index in [1.807, 2.05) is 0 Å². The van der Waals surface area contributed by atoms with Gasteiger partial charge in [0.25, 0.3) is 0 Å². The molecule has 0 aliphatic heterocycles. The van der Waals surface area contributed by atoms with Gasteiger partial charge in [0, 0.05) is 23.7 Å². The average Bonchev–Trinajstić information content (AvgIpc) is 2.13. The van der Waals surface area contributed by atoms with Gasteiger partial charge in [-0.3, -0.25) is 4.79 Å². The predicted molar refractivity (Wildman–Crippen MR) is 68.0 cm³/mol. The monoisotopic (exact) mass is 220 g/mol. The molecule has 1 heteroatoms. The lowest BCUT2D eigenvalue weighted by Gasteiger charge is -2.35. The van der Waals surface area contributed by atoms with Gasteiger partial charge in [-0.1, -0.05) is 25.7 Å². The van der Waals surface area contributed by atoms with Crippen molar-refractivity contribution in [2.75, 3.05) is 0 Å². The molecule has 16 heavy (non-hydrogen) atoms. The molecule has 0 N–H and O–H groups in total. The Labute approximate surface area is 100 Å². The second-order valence-electron chi connectivity index (χ2n) is 6.38. The third-order valence-electron chi connectivity index (χ3n) is 3.38. The molecule has 1 aliphatic carbocycles. The number of ketones is 1. The summed E-state index contributed by atoms with van der Waals surface area (Å²) in [6.45, 7) is 10.8. The lowest BCUT2D eigenvalue weighted by Crippen LogP contribution is -2.32.